The van der Waals surface area contributed by atoms with E-state index in [4.69, 9.17) is 69.6 Å². The zero-order valence-electron chi connectivity index (χ0n) is 9.78. The zero-order chi connectivity index (χ0) is 14.9. The standard InChI is InChI=1S/C13H7Cl6N/c14-6-3-10(17)13(11(18)4-6)20-5-7-8(15)1-2-9(16)12(7)19/h1-4,20H,5H2. The molecule has 2 rings (SSSR count). The van der Waals surface area contributed by atoms with E-state index in [0.29, 0.717) is 47.9 Å². The Bertz CT molecular complexity index is 633. The molecule has 0 heterocycles. The minimum absolute atomic E-state index is 0.333. The summed E-state index contributed by atoms with van der Waals surface area (Å²) in [4.78, 5) is 0. The monoisotopic (exact) mass is 387 g/mol. The van der Waals surface area contributed by atoms with Crippen LogP contribution in [0.15, 0.2) is 24.3 Å². The van der Waals surface area contributed by atoms with Gasteiger partial charge in [0.2, 0.25) is 0 Å². The summed E-state index contributed by atoms with van der Waals surface area (Å²) in [6.45, 7) is 0.333. The lowest BCUT2D eigenvalue weighted by Crippen LogP contribution is -2.02. The summed E-state index contributed by atoms with van der Waals surface area (Å²) < 4.78 is 0. The second-order valence-corrected chi connectivity index (χ2v) is 6.36. The Hall–Kier alpha value is -0.0200. The normalized spacial score (nSPS) is 10.7. The van der Waals surface area contributed by atoms with E-state index in [0.717, 1.165) is 0 Å². The smallest absolute Gasteiger partial charge is 0.0722 e. The van der Waals surface area contributed by atoms with E-state index >= 15 is 0 Å². The predicted octanol–water partition coefficient (Wildman–Crippen LogP) is 7.22. The number of benzene rings is 2. The summed E-state index contributed by atoms with van der Waals surface area (Å²) in [7, 11) is 0. The first kappa shape index (κ1) is 16.4. The SMILES string of the molecule is Clc1cc(Cl)c(NCc2c(Cl)ccc(Cl)c2Cl)c(Cl)c1. The van der Waals surface area contributed by atoms with Gasteiger partial charge < -0.3 is 5.32 Å². The zero-order valence-corrected chi connectivity index (χ0v) is 14.3. The number of nitrogens with one attached hydrogen (secondary N) is 1. The molecule has 7 heteroatoms. The van der Waals surface area contributed by atoms with Crippen LogP contribution in [0.4, 0.5) is 5.69 Å². The Morgan fingerprint density at radius 1 is 0.750 bits per heavy atom. The van der Waals surface area contributed by atoms with E-state index in [1.807, 2.05) is 0 Å². The molecule has 2 aromatic carbocycles. The van der Waals surface area contributed by atoms with Crippen molar-refractivity contribution in [1.82, 2.24) is 0 Å². The van der Waals surface area contributed by atoms with Crippen LogP contribution in [0.25, 0.3) is 0 Å². The first-order valence-corrected chi connectivity index (χ1v) is 7.67. The Kier molecular flexibility index (Phi) is 5.58. The average molecular weight is 390 g/mol. The van der Waals surface area contributed by atoms with Gasteiger partial charge in [0, 0.05) is 22.2 Å². The first-order valence-electron chi connectivity index (χ1n) is 5.41. The third-order valence-electron chi connectivity index (χ3n) is 2.59. The molecule has 0 unspecified atom stereocenters. The Balaban J connectivity index is 2.28. The molecule has 20 heavy (non-hydrogen) atoms. The Morgan fingerprint density at radius 3 is 1.90 bits per heavy atom. The number of rotatable bonds is 3. The molecule has 0 saturated heterocycles. The molecule has 0 radical (unpaired) electrons. The summed E-state index contributed by atoms with van der Waals surface area (Å²) in [6, 6.07) is 6.51. The molecule has 106 valence electrons. The van der Waals surface area contributed by atoms with Crippen LogP contribution >= 0.6 is 69.6 Å². The van der Waals surface area contributed by atoms with Gasteiger partial charge in [-0.25, -0.2) is 0 Å². The fraction of sp³-hybridized carbons (Fsp3) is 0.0769. The van der Waals surface area contributed by atoms with Crippen molar-refractivity contribution in [2.45, 2.75) is 6.54 Å². The molecule has 0 atom stereocenters. The average Bonchev–Trinajstić information content (AvgIpc) is 2.36. The number of hydrogen-bond acceptors (Lipinski definition) is 1. The highest BCUT2D eigenvalue weighted by atomic mass is 35.5. The molecule has 0 aliphatic heterocycles. The molecule has 1 nitrogen and oxygen atoms in total. The highest BCUT2D eigenvalue weighted by Gasteiger charge is 2.12. The van der Waals surface area contributed by atoms with Gasteiger partial charge in [0.1, 0.15) is 0 Å². The van der Waals surface area contributed by atoms with Crippen molar-refractivity contribution in [3.63, 3.8) is 0 Å². The van der Waals surface area contributed by atoms with Gasteiger partial charge in [-0.3, -0.25) is 0 Å². The third-order valence-corrected chi connectivity index (χ3v) is 4.60. The van der Waals surface area contributed by atoms with Crippen molar-refractivity contribution >= 4 is 75.3 Å². The molecule has 0 aliphatic carbocycles. The second-order valence-electron chi connectivity index (χ2n) is 3.92. The van der Waals surface area contributed by atoms with Crippen molar-refractivity contribution in [3.05, 3.63) is 60.0 Å². The molecule has 0 fully saturated rings. The van der Waals surface area contributed by atoms with E-state index in [9.17, 15) is 0 Å². The van der Waals surface area contributed by atoms with Gasteiger partial charge in [-0.1, -0.05) is 69.6 Å². The fourth-order valence-electron chi connectivity index (χ4n) is 1.62. The van der Waals surface area contributed by atoms with E-state index in [2.05, 4.69) is 5.32 Å². The predicted molar refractivity (Wildman–Crippen MR) is 90.3 cm³/mol. The molecule has 1 N–H and O–H groups in total. The van der Waals surface area contributed by atoms with Crippen molar-refractivity contribution < 1.29 is 0 Å². The van der Waals surface area contributed by atoms with Crippen molar-refractivity contribution in [1.29, 1.82) is 0 Å². The van der Waals surface area contributed by atoms with Crippen LogP contribution in [0.1, 0.15) is 5.56 Å². The first-order chi connectivity index (χ1) is 9.40. The molecule has 0 amide bonds. The van der Waals surface area contributed by atoms with Gasteiger partial charge in [-0.2, -0.15) is 0 Å². The molecule has 2 aromatic rings. The summed E-state index contributed by atoms with van der Waals surface area (Å²) in [5, 5.41) is 5.71. The van der Waals surface area contributed by atoms with Crippen LogP contribution in [0, 0.1) is 0 Å². The van der Waals surface area contributed by atoms with E-state index in [1.165, 1.54) is 0 Å². The highest BCUT2D eigenvalue weighted by Crippen LogP contribution is 2.36. The summed E-state index contributed by atoms with van der Waals surface area (Å²) >= 11 is 36.2. The molecule has 0 saturated carbocycles. The van der Waals surface area contributed by atoms with Gasteiger partial charge in [0.05, 0.1) is 25.8 Å². The van der Waals surface area contributed by atoms with E-state index in [-0.39, 0.29) is 0 Å². The summed E-state index contributed by atoms with van der Waals surface area (Å²) in [5.74, 6) is 0. The molecule has 0 bridgehead atoms. The van der Waals surface area contributed by atoms with Crippen LogP contribution in [0.2, 0.25) is 30.1 Å². The minimum atomic E-state index is 0.333. The number of hydrogen-bond donors (Lipinski definition) is 1. The van der Waals surface area contributed by atoms with Crippen molar-refractivity contribution in [3.8, 4) is 0 Å². The van der Waals surface area contributed by atoms with Gasteiger partial charge in [0.15, 0.2) is 0 Å². The van der Waals surface area contributed by atoms with Crippen LogP contribution < -0.4 is 5.32 Å². The number of anilines is 1. The van der Waals surface area contributed by atoms with E-state index < -0.39 is 0 Å². The third kappa shape index (κ3) is 3.59. The fourth-order valence-corrected chi connectivity index (χ4v) is 3.25. The molecule has 0 spiro atoms. The van der Waals surface area contributed by atoms with Crippen molar-refractivity contribution in [2.24, 2.45) is 0 Å². The molecule has 0 aromatic heterocycles. The van der Waals surface area contributed by atoms with Crippen LogP contribution in [-0.2, 0) is 6.54 Å². The van der Waals surface area contributed by atoms with Crippen LogP contribution in [-0.4, -0.2) is 0 Å². The maximum absolute atomic E-state index is 6.13. The van der Waals surface area contributed by atoms with Crippen molar-refractivity contribution in [2.75, 3.05) is 5.32 Å². The lowest BCUT2D eigenvalue weighted by atomic mass is 10.2. The summed E-state index contributed by atoms with van der Waals surface area (Å²) in [5.41, 5.74) is 1.23. The lowest BCUT2D eigenvalue weighted by molar-refractivity contribution is 1.15. The topological polar surface area (TPSA) is 12.0 Å². The quantitative estimate of drug-likeness (QED) is 0.546. The lowest BCUT2D eigenvalue weighted by Gasteiger charge is -2.13. The molecular formula is C13H7Cl6N. The van der Waals surface area contributed by atoms with Gasteiger partial charge in [-0.05, 0) is 24.3 Å². The highest BCUT2D eigenvalue weighted by molar-refractivity contribution is 6.44. The van der Waals surface area contributed by atoms with Crippen LogP contribution in [0.5, 0.6) is 0 Å². The van der Waals surface area contributed by atoms with Crippen LogP contribution in [0.3, 0.4) is 0 Å². The van der Waals surface area contributed by atoms with Gasteiger partial charge in [-0.15, -0.1) is 0 Å². The Morgan fingerprint density at radius 2 is 1.30 bits per heavy atom. The largest absolute Gasteiger partial charge is 0.378 e. The Labute approximate surface area is 146 Å². The van der Waals surface area contributed by atoms with Gasteiger partial charge >= 0.3 is 0 Å². The maximum atomic E-state index is 6.13. The molecule has 0 aliphatic rings. The summed E-state index contributed by atoms with van der Waals surface area (Å²) in [6.07, 6.45) is 0. The second kappa shape index (κ2) is 6.83. The minimum Gasteiger partial charge on any atom is -0.378 e. The number of halogens is 6. The van der Waals surface area contributed by atoms with Gasteiger partial charge in [0.25, 0.3) is 0 Å². The van der Waals surface area contributed by atoms with E-state index in [1.54, 1.807) is 24.3 Å². The molecular weight excluding hydrogens is 383 g/mol. The maximum Gasteiger partial charge on any atom is 0.0722 e.